The SMILES string of the molecule is CCCCCCCCCCCCCc1cc2c3c(cccc3c1)C(=O)N(OS(=O)(=O)C(F)(F)F)C2=O. The summed E-state index contributed by atoms with van der Waals surface area (Å²) < 4.78 is 65.3. The monoisotopic (exact) mass is 527 g/mol. The molecule has 198 valence electrons. The first-order chi connectivity index (χ1) is 17.1. The maximum Gasteiger partial charge on any atom is 0.525 e. The zero-order chi connectivity index (χ0) is 26.3. The first-order valence-corrected chi connectivity index (χ1v) is 13.9. The first-order valence-electron chi connectivity index (χ1n) is 12.5. The summed E-state index contributed by atoms with van der Waals surface area (Å²) in [5, 5.41) is 0.550. The molecule has 10 heteroatoms. The van der Waals surface area contributed by atoms with Gasteiger partial charge in [-0.1, -0.05) is 89.3 Å². The maximum atomic E-state index is 12.9. The number of benzene rings is 2. The van der Waals surface area contributed by atoms with Gasteiger partial charge < -0.3 is 0 Å². The quantitative estimate of drug-likeness (QED) is 0.149. The minimum absolute atomic E-state index is 0.0573. The molecule has 1 heterocycles. The molecule has 2 aromatic rings. The molecule has 36 heavy (non-hydrogen) atoms. The molecular weight excluding hydrogens is 495 g/mol. The van der Waals surface area contributed by atoms with Crippen LogP contribution in [0, 0.1) is 0 Å². The van der Waals surface area contributed by atoms with Crippen molar-refractivity contribution in [1.29, 1.82) is 0 Å². The van der Waals surface area contributed by atoms with Crippen LogP contribution in [0.4, 0.5) is 13.2 Å². The van der Waals surface area contributed by atoms with Crippen molar-refractivity contribution in [3.63, 3.8) is 0 Å². The van der Waals surface area contributed by atoms with E-state index in [4.69, 9.17) is 0 Å². The van der Waals surface area contributed by atoms with Crippen molar-refractivity contribution in [1.82, 2.24) is 5.06 Å². The molecular formula is C26H32F3NO5S. The molecule has 1 aliphatic heterocycles. The molecule has 2 aromatic carbocycles. The molecule has 0 radical (unpaired) electrons. The molecule has 0 aliphatic carbocycles. The number of imide groups is 1. The van der Waals surface area contributed by atoms with Crippen LogP contribution in [0.5, 0.6) is 0 Å². The molecule has 0 atom stereocenters. The van der Waals surface area contributed by atoms with Gasteiger partial charge in [0.15, 0.2) is 0 Å². The number of aryl methyl sites for hydroxylation is 1. The summed E-state index contributed by atoms with van der Waals surface area (Å²) in [6.07, 6.45) is 13.7. The highest BCUT2D eigenvalue weighted by Crippen LogP contribution is 2.34. The van der Waals surface area contributed by atoms with E-state index in [9.17, 15) is 31.2 Å². The molecule has 0 aromatic heterocycles. The van der Waals surface area contributed by atoms with E-state index in [2.05, 4.69) is 11.2 Å². The van der Waals surface area contributed by atoms with Gasteiger partial charge in [-0.05, 0) is 35.9 Å². The molecule has 0 saturated heterocycles. The number of alkyl halides is 3. The number of carbonyl (C=O) groups excluding carboxylic acids is 2. The Morgan fingerprint density at radius 2 is 1.36 bits per heavy atom. The smallest absolute Gasteiger partial charge is 0.266 e. The summed E-state index contributed by atoms with van der Waals surface area (Å²) in [6.45, 7) is 2.21. The van der Waals surface area contributed by atoms with Crippen LogP contribution >= 0.6 is 0 Å². The molecule has 0 spiro atoms. The van der Waals surface area contributed by atoms with Gasteiger partial charge in [0.05, 0.1) is 11.1 Å². The largest absolute Gasteiger partial charge is 0.525 e. The molecule has 2 amide bonds. The second kappa shape index (κ2) is 12.2. The lowest BCUT2D eigenvalue weighted by Crippen LogP contribution is -2.44. The van der Waals surface area contributed by atoms with Crippen LogP contribution in [0.15, 0.2) is 30.3 Å². The van der Waals surface area contributed by atoms with Gasteiger partial charge in [-0.25, -0.2) is 0 Å². The Morgan fingerprint density at radius 3 is 1.94 bits per heavy atom. The highest BCUT2D eigenvalue weighted by atomic mass is 32.2. The lowest BCUT2D eigenvalue weighted by atomic mass is 9.91. The Bertz CT molecular complexity index is 1190. The van der Waals surface area contributed by atoms with Crippen molar-refractivity contribution >= 4 is 32.7 Å². The van der Waals surface area contributed by atoms with E-state index in [-0.39, 0.29) is 21.6 Å². The third-order valence-corrected chi connectivity index (χ3v) is 7.30. The van der Waals surface area contributed by atoms with Gasteiger partial charge in [0, 0.05) is 5.39 Å². The molecule has 6 nitrogen and oxygen atoms in total. The fourth-order valence-electron chi connectivity index (χ4n) is 4.49. The molecule has 0 bridgehead atoms. The second-order valence-corrected chi connectivity index (χ2v) is 10.7. The van der Waals surface area contributed by atoms with Crippen LogP contribution in [0.2, 0.25) is 0 Å². The zero-order valence-corrected chi connectivity index (χ0v) is 21.2. The highest BCUT2D eigenvalue weighted by Gasteiger charge is 2.51. The van der Waals surface area contributed by atoms with Crippen LogP contribution in [-0.4, -0.2) is 30.8 Å². The van der Waals surface area contributed by atoms with Crippen molar-refractivity contribution in [3.05, 3.63) is 47.0 Å². The summed E-state index contributed by atoms with van der Waals surface area (Å²) in [6, 6.07) is 7.91. The zero-order valence-electron chi connectivity index (χ0n) is 20.4. The number of amides is 2. The summed E-state index contributed by atoms with van der Waals surface area (Å²) in [5.74, 6) is -2.50. The van der Waals surface area contributed by atoms with Crippen molar-refractivity contribution in [2.75, 3.05) is 0 Å². The Labute approximate surface area is 209 Å². The Kier molecular flexibility index (Phi) is 9.52. The fraction of sp³-hybridized carbons (Fsp3) is 0.538. The average Bonchev–Trinajstić information content (AvgIpc) is 2.82. The number of nitrogens with zero attached hydrogens (tertiary/aromatic N) is 1. The Balaban J connectivity index is 1.63. The summed E-state index contributed by atoms with van der Waals surface area (Å²) in [4.78, 5) is 25.5. The molecule has 3 rings (SSSR count). The lowest BCUT2D eigenvalue weighted by molar-refractivity contribution is -0.0761. The van der Waals surface area contributed by atoms with Crippen LogP contribution in [-0.2, 0) is 20.8 Å². The van der Waals surface area contributed by atoms with Gasteiger partial charge in [0.1, 0.15) is 0 Å². The molecule has 0 fully saturated rings. The first kappa shape index (κ1) is 28.1. The van der Waals surface area contributed by atoms with E-state index in [1.54, 1.807) is 6.07 Å². The van der Waals surface area contributed by atoms with E-state index in [0.29, 0.717) is 11.8 Å². The van der Waals surface area contributed by atoms with E-state index in [1.165, 1.54) is 69.6 Å². The predicted octanol–water partition coefficient (Wildman–Crippen LogP) is 7.07. The molecule has 0 N–H and O–H groups in total. The summed E-state index contributed by atoms with van der Waals surface area (Å²) >= 11 is 0. The van der Waals surface area contributed by atoms with Crippen molar-refractivity contribution < 1.29 is 35.5 Å². The lowest BCUT2D eigenvalue weighted by Gasteiger charge is -2.26. The Hall–Kier alpha value is -2.46. The molecule has 1 aliphatic rings. The van der Waals surface area contributed by atoms with Crippen molar-refractivity contribution in [2.24, 2.45) is 0 Å². The van der Waals surface area contributed by atoms with Crippen LogP contribution < -0.4 is 0 Å². The average molecular weight is 528 g/mol. The van der Waals surface area contributed by atoms with E-state index >= 15 is 0 Å². The van der Waals surface area contributed by atoms with Crippen LogP contribution in [0.25, 0.3) is 10.8 Å². The standard InChI is InChI=1S/C26H32F3NO5S/c1-2-3-4-5-6-7-8-9-10-11-12-14-19-17-20-15-13-16-21-23(20)22(18-19)25(32)30(24(21)31)35-36(33,34)26(27,28)29/h13,15-18H,2-12,14H2,1H3. The molecule has 0 saturated carbocycles. The topological polar surface area (TPSA) is 80.8 Å². The minimum Gasteiger partial charge on any atom is -0.266 e. The number of hydrogen-bond donors (Lipinski definition) is 0. The normalized spacial score (nSPS) is 14.2. The van der Waals surface area contributed by atoms with E-state index in [1.807, 2.05) is 6.07 Å². The number of unbranched alkanes of at least 4 members (excludes halogenated alkanes) is 10. The van der Waals surface area contributed by atoms with Gasteiger partial charge in [-0.15, -0.1) is 9.35 Å². The highest BCUT2D eigenvalue weighted by molar-refractivity contribution is 7.87. The van der Waals surface area contributed by atoms with Gasteiger partial charge in [0.25, 0.3) is 11.8 Å². The number of hydrogen-bond acceptors (Lipinski definition) is 5. The summed E-state index contributed by atoms with van der Waals surface area (Å²) in [7, 11) is -6.19. The van der Waals surface area contributed by atoms with Gasteiger partial charge in [-0.2, -0.15) is 21.6 Å². The predicted molar refractivity (Wildman–Crippen MR) is 131 cm³/mol. The van der Waals surface area contributed by atoms with Gasteiger partial charge in [-0.3, -0.25) is 9.59 Å². The van der Waals surface area contributed by atoms with Crippen LogP contribution in [0.1, 0.15) is 104 Å². The third-order valence-electron chi connectivity index (χ3n) is 6.39. The fourth-order valence-corrected chi connectivity index (χ4v) is 4.91. The summed E-state index contributed by atoms with van der Waals surface area (Å²) in [5.41, 5.74) is -5.15. The van der Waals surface area contributed by atoms with Gasteiger partial charge >= 0.3 is 15.6 Å². The van der Waals surface area contributed by atoms with Gasteiger partial charge in [0.2, 0.25) is 0 Å². The molecule has 0 unspecified atom stereocenters. The second-order valence-electron chi connectivity index (χ2n) is 9.21. The van der Waals surface area contributed by atoms with E-state index < -0.39 is 27.4 Å². The van der Waals surface area contributed by atoms with Crippen LogP contribution in [0.3, 0.4) is 0 Å². The van der Waals surface area contributed by atoms with E-state index in [0.717, 1.165) is 24.8 Å². The minimum atomic E-state index is -6.19. The number of rotatable bonds is 14. The third kappa shape index (κ3) is 6.64. The number of hydroxylamine groups is 2. The Morgan fingerprint density at radius 1 is 0.806 bits per heavy atom. The maximum absolute atomic E-state index is 12.9. The number of carbonyl (C=O) groups is 2. The van der Waals surface area contributed by atoms with Crippen molar-refractivity contribution in [2.45, 2.75) is 89.5 Å². The van der Waals surface area contributed by atoms with Crippen molar-refractivity contribution in [3.8, 4) is 0 Å². The number of halogens is 3.